The minimum absolute atomic E-state index is 0.0354. The molecule has 9 aromatic carbocycles. The first-order chi connectivity index (χ1) is 31.7. The van der Waals surface area contributed by atoms with Crippen molar-refractivity contribution in [3.63, 3.8) is 0 Å². The lowest BCUT2D eigenvalue weighted by Gasteiger charge is -2.15. The van der Waals surface area contributed by atoms with Gasteiger partial charge in [-0.25, -0.2) is 15.0 Å². The summed E-state index contributed by atoms with van der Waals surface area (Å²) in [6, 6.07) is 54.6. The summed E-state index contributed by atoms with van der Waals surface area (Å²) < 4.78 is 55.4. The fraction of sp³-hybridized carbons (Fsp3) is 0. The zero-order chi connectivity index (χ0) is 44.3. The van der Waals surface area contributed by atoms with E-state index in [9.17, 15) is 4.11 Å². The van der Waals surface area contributed by atoms with Gasteiger partial charge in [0.15, 0.2) is 17.5 Å². The van der Waals surface area contributed by atoms with Crippen molar-refractivity contribution in [2.45, 2.75) is 0 Å². The molecule has 59 heavy (non-hydrogen) atoms. The van der Waals surface area contributed by atoms with Gasteiger partial charge >= 0.3 is 0 Å². The Labute approximate surface area is 355 Å². The molecule has 0 N–H and O–H groups in total. The van der Waals surface area contributed by atoms with E-state index in [4.69, 9.17) is 19.1 Å². The van der Waals surface area contributed by atoms with Gasteiger partial charge in [-0.05, 0) is 95.5 Å². The van der Waals surface area contributed by atoms with E-state index in [1.165, 1.54) is 0 Å². The minimum Gasteiger partial charge on any atom is -0.208 e. The Balaban J connectivity index is 1.17. The molecule has 0 saturated carbocycles. The van der Waals surface area contributed by atoms with E-state index in [-0.39, 0.29) is 46.3 Å². The Bertz CT molecular complexity index is 3690. The summed E-state index contributed by atoms with van der Waals surface area (Å²) in [7, 11) is 0. The van der Waals surface area contributed by atoms with Crippen molar-refractivity contribution in [2.24, 2.45) is 0 Å². The van der Waals surface area contributed by atoms with Crippen LogP contribution < -0.4 is 0 Å². The third kappa shape index (κ3) is 6.37. The molecule has 2 aromatic heterocycles. The van der Waals surface area contributed by atoms with Crippen LogP contribution in [0.2, 0.25) is 0 Å². The van der Waals surface area contributed by atoms with Gasteiger partial charge in [-0.3, -0.25) is 0 Å². The second kappa shape index (κ2) is 14.8. The first-order valence-corrected chi connectivity index (χ1v) is 20.2. The van der Waals surface area contributed by atoms with Gasteiger partial charge in [0, 0.05) is 27.0 Å². The van der Waals surface area contributed by atoms with Gasteiger partial charge in [0.2, 0.25) is 0 Å². The molecular formula is C55H35N3S. The largest absolute Gasteiger partial charge is 0.208 e. The number of rotatable bonds is 7. The molecule has 0 bridgehead atoms. The summed E-state index contributed by atoms with van der Waals surface area (Å²) in [5.41, 5.74) is 8.83. The first-order valence-electron chi connectivity index (χ1n) is 22.3. The maximum absolute atomic E-state index is 9.62. The average molecular weight is 776 g/mol. The van der Waals surface area contributed by atoms with E-state index >= 15 is 0 Å². The molecule has 0 fully saturated rings. The summed E-state index contributed by atoms with van der Waals surface area (Å²) >= 11 is 1.68. The second-order valence-corrected chi connectivity index (χ2v) is 15.2. The van der Waals surface area contributed by atoms with Crippen molar-refractivity contribution in [3.8, 4) is 78.7 Å². The lowest BCUT2D eigenvalue weighted by atomic mass is 9.91. The van der Waals surface area contributed by atoms with E-state index in [0.717, 1.165) is 54.2 Å². The Hall–Kier alpha value is -7.53. The molecule has 0 unspecified atom stereocenters. The maximum atomic E-state index is 9.62. The van der Waals surface area contributed by atoms with Crippen LogP contribution in [0.4, 0.5) is 0 Å². The van der Waals surface area contributed by atoms with Crippen LogP contribution in [0.25, 0.3) is 110 Å². The molecule has 3 nitrogen and oxygen atoms in total. The molecular weight excluding hydrogens is 735 g/mol. The summed E-state index contributed by atoms with van der Waals surface area (Å²) in [5.74, 6) is 0.779. The van der Waals surface area contributed by atoms with Crippen LogP contribution in [0.5, 0.6) is 0 Å². The zero-order valence-corrected chi connectivity index (χ0v) is 32.3. The van der Waals surface area contributed by atoms with Gasteiger partial charge in [-0.2, -0.15) is 0 Å². The predicted octanol–water partition coefficient (Wildman–Crippen LogP) is 15.1. The fourth-order valence-electron chi connectivity index (χ4n) is 8.01. The quantitative estimate of drug-likeness (QED) is 0.162. The summed E-state index contributed by atoms with van der Waals surface area (Å²) in [4.78, 5) is 15.4. The maximum Gasteiger partial charge on any atom is 0.164 e. The molecule has 0 radical (unpaired) electrons. The van der Waals surface area contributed by atoms with Crippen LogP contribution in [-0.2, 0) is 0 Å². The molecule has 11 rings (SSSR count). The number of aromatic nitrogens is 3. The molecule has 0 aliphatic rings. The van der Waals surface area contributed by atoms with Crippen molar-refractivity contribution >= 4 is 43.0 Å². The number of fused-ring (bicyclic) bond motifs is 3. The molecule has 11 aromatic rings. The Morgan fingerprint density at radius 3 is 1.63 bits per heavy atom. The molecule has 0 saturated heterocycles. The van der Waals surface area contributed by atoms with Gasteiger partial charge in [0.1, 0.15) is 0 Å². The predicted molar refractivity (Wildman–Crippen MR) is 248 cm³/mol. The lowest BCUT2D eigenvalue weighted by Crippen LogP contribution is -2.02. The average Bonchev–Trinajstić information content (AvgIpc) is 3.85. The normalized spacial score (nSPS) is 12.8. The molecule has 0 atom stereocenters. The summed E-state index contributed by atoms with van der Waals surface area (Å²) in [5, 5.41) is 5.55. The molecule has 276 valence electrons. The highest BCUT2D eigenvalue weighted by Crippen LogP contribution is 2.40. The van der Waals surface area contributed by atoms with Crippen molar-refractivity contribution in [1.82, 2.24) is 15.0 Å². The third-order valence-electron chi connectivity index (χ3n) is 10.8. The Kier molecular flexibility index (Phi) is 7.21. The summed E-state index contributed by atoms with van der Waals surface area (Å²) in [6.07, 6.45) is 0. The number of thiophene rings is 1. The van der Waals surface area contributed by atoms with Gasteiger partial charge in [-0.15, -0.1) is 11.3 Å². The van der Waals surface area contributed by atoms with Gasteiger partial charge in [0.05, 0.1) is 8.22 Å². The number of hydrogen-bond acceptors (Lipinski definition) is 4. The smallest absolute Gasteiger partial charge is 0.164 e. The highest BCUT2D eigenvalue weighted by Gasteiger charge is 2.19. The third-order valence-corrected chi connectivity index (χ3v) is 11.7. The monoisotopic (exact) mass is 775 g/mol. The highest BCUT2D eigenvalue weighted by molar-refractivity contribution is 7.17. The standard InChI is InChI=1S/C55H35N3S/c1-3-14-36(15-4-1)44-30-31-45(49-26-10-9-25-48(44)49)40-20-11-22-42(34-40)53-56-54(43-23-12-21-41(35-43)47-27-13-19-39-32-33-59-52(39)47)58-55(57-53)50-29-28-37-16-7-8-24-46(37)51(50)38-17-5-2-6-18-38/h1-35H/i7D,8D,16D,24D,28D,29D. The van der Waals surface area contributed by atoms with Crippen LogP contribution in [0, 0.1) is 0 Å². The molecule has 4 heteroatoms. The number of benzene rings is 9. The highest BCUT2D eigenvalue weighted by atomic mass is 32.1. The fourth-order valence-corrected chi connectivity index (χ4v) is 8.94. The van der Waals surface area contributed by atoms with Crippen LogP contribution in [0.15, 0.2) is 211 Å². The van der Waals surface area contributed by atoms with Crippen LogP contribution in [-0.4, -0.2) is 15.0 Å². The molecule has 2 heterocycles. The minimum atomic E-state index is -0.465. The van der Waals surface area contributed by atoms with E-state index in [1.54, 1.807) is 11.3 Å². The molecule has 0 aliphatic carbocycles. The van der Waals surface area contributed by atoms with Gasteiger partial charge in [-0.1, -0.05) is 182 Å². The van der Waals surface area contributed by atoms with Crippen molar-refractivity contribution in [3.05, 3.63) is 211 Å². The zero-order valence-electron chi connectivity index (χ0n) is 37.5. The van der Waals surface area contributed by atoms with Crippen molar-refractivity contribution in [2.75, 3.05) is 0 Å². The molecule has 0 amide bonds. The van der Waals surface area contributed by atoms with Crippen molar-refractivity contribution < 1.29 is 8.22 Å². The van der Waals surface area contributed by atoms with Crippen LogP contribution >= 0.6 is 11.3 Å². The van der Waals surface area contributed by atoms with Crippen molar-refractivity contribution in [1.29, 1.82) is 0 Å². The van der Waals surface area contributed by atoms with E-state index < -0.39 is 12.1 Å². The summed E-state index contributed by atoms with van der Waals surface area (Å²) in [6.45, 7) is 0. The SMILES string of the molecule is [2H]c1c([2H])c([2H])c2c(-c3ccccc3)c(-c3nc(-c4cccc(-c5ccc(-c6ccccc6)c6ccccc56)c4)nc(-c4cccc(-c5cccc6ccsc56)c4)n3)c([2H])c([2H])c2c1[2H]. The van der Waals surface area contributed by atoms with Crippen LogP contribution in [0.3, 0.4) is 0 Å². The lowest BCUT2D eigenvalue weighted by molar-refractivity contribution is 1.07. The van der Waals surface area contributed by atoms with E-state index in [0.29, 0.717) is 33.9 Å². The number of nitrogens with zero attached hydrogens (tertiary/aromatic N) is 3. The number of hydrogen-bond donors (Lipinski definition) is 0. The van der Waals surface area contributed by atoms with E-state index in [2.05, 4.69) is 102 Å². The second-order valence-electron chi connectivity index (χ2n) is 14.3. The van der Waals surface area contributed by atoms with Gasteiger partial charge in [0.25, 0.3) is 0 Å². The molecule has 0 aliphatic heterocycles. The van der Waals surface area contributed by atoms with Crippen LogP contribution in [0.1, 0.15) is 8.22 Å². The van der Waals surface area contributed by atoms with Gasteiger partial charge < -0.3 is 0 Å². The Morgan fingerprint density at radius 2 is 0.915 bits per heavy atom. The van der Waals surface area contributed by atoms with E-state index in [1.807, 2.05) is 72.8 Å². The topological polar surface area (TPSA) is 38.7 Å². The first kappa shape index (κ1) is 28.8. The Morgan fingerprint density at radius 1 is 0.356 bits per heavy atom. The molecule has 0 spiro atoms.